The third-order valence-corrected chi connectivity index (χ3v) is 6.09. The van der Waals surface area contributed by atoms with E-state index in [-0.39, 0.29) is 10.8 Å². The zero-order chi connectivity index (χ0) is 21.6. The number of hydrogen-bond acceptors (Lipinski definition) is 6. The fraction of sp³-hybridized carbons (Fsp3) is 0.208. The molecule has 7 heteroatoms. The van der Waals surface area contributed by atoms with Crippen molar-refractivity contribution in [3.63, 3.8) is 0 Å². The Kier molecular flexibility index (Phi) is 4.76. The minimum atomic E-state index is -0.689. The van der Waals surface area contributed by atoms with Gasteiger partial charge in [0.15, 0.2) is 11.4 Å². The van der Waals surface area contributed by atoms with Gasteiger partial charge in [-0.15, -0.1) is 0 Å². The summed E-state index contributed by atoms with van der Waals surface area (Å²) in [5.41, 5.74) is 1.74. The van der Waals surface area contributed by atoms with E-state index in [1.807, 2.05) is 19.1 Å². The van der Waals surface area contributed by atoms with Crippen LogP contribution < -0.4 is 10.1 Å². The van der Waals surface area contributed by atoms with Gasteiger partial charge in [-0.1, -0.05) is 29.8 Å². The smallest absolute Gasteiger partial charge is 0.340 e. The van der Waals surface area contributed by atoms with Crippen molar-refractivity contribution in [1.82, 2.24) is 10.3 Å². The minimum Gasteiger partial charge on any atom is -0.455 e. The van der Waals surface area contributed by atoms with E-state index < -0.39 is 11.6 Å². The number of carbonyl (C=O) groups excluding carboxylic acids is 2. The van der Waals surface area contributed by atoms with Crippen LogP contribution in [0, 0.1) is 6.92 Å². The Hall–Kier alpha value is -3.22. The number of aryl methyl sites for hydroxylation is 1. The number of esters is 1. The summed E-state index contributed by atoms with van der Waals surface area (Å²) in [5.74, 6) is 0.305. The molecule has 0 radical (unpaired) electrons. The summed E-state index contributed by atoms with van der Waals surface area (Å²) >= 11 is 6.45. The molecule has 0 bridgehead atoms. The Morgan fingerprint density at radius 3 is 2.81 bits per heavy atom. The zero-order valence-electron chi connectivity index (χ0n) is 16.8. The average molecular weight is 435 g/mol. The van der Waals surface area contributed by atoms with E-state index in [9.17, 15) is 9.59 Å². The first-order valence-electron chi connectivity index (χ1n) is 10.00. The van der Waals surface area contributed by atoms with Gasteiger partial charge in [0.05, 0.1) is 16.3 Å². The third-order valence-electron chi connectivity index (χ3n) is 5.78. The number of ether oxygens (including phenoxy) is 2. The van der Waals surface area contributed by atoms with Crippen LogP contribution in [0.25, 0.3) is 0 Å². The van der Waals surface area contributed by atoms with Crippen LogP contribution in [0.5, 0.6) is 11.5 Å². The van der Waals surface area contributed by atoms with Gasteiger partial charge in [-0.3, -0.25) is 9.78 Å². The van der Waals surface area contributed by atoms with Crippen LogP contribution in [0.2, 0.25) is 5.02 Å². The highest BCUT2D eigenvalue weighted by Gasteiger charge is 2.48. The summed E-state index contributed by atoms with van der Waals surface area (Å²) in [6.07, 6.45) is 2.37. The lowest BCUT2D eigenvalue weighted by Gasteiger charge is -2.21. The number of pyridine rings is 1. The van der Waals surface area contributed by atoms with E-state index in [1.165, 1.54) is 0 Å². The number of halogens is 1. The molecule has 6 nitrogen and oxygen atoms in total. The molecule has 1 fully saturated rings. The van der Waals surface area contributed by atoms with Crippen molar-refractivity contribution >= 4 is 23.4 Å². The number of hydrogen-bond donors (Lipinski definition) is 1. The predicted octanol–water partition coefficient (Wildman–Crippen LogP) is 4.43. The molecule has 156 valence electrons. The molecule has 5 rings (SSSR count). The van der Waals surface area contributed by atoms with Gasteiger partial charge >= 0.3 is 5.97 Å². The lowest BCUT2D eigenvalue weighted by atomic mass is 9.87. The second kappa shape index (κ2) is 7.48. The second-order valence-electron chi connectivity index (χ2n) is 7.70. The molecule has 2 aliphatic rings. The second-order valence-corrected chi connectivity index (χ2v) is 8.11. The number of aromatic nitrogens is 1. The van der Waals surface area contributed by atoms with E-state index in [1.54, 1.807) is 42.6 Å². The normalized spacial score (nSPS) is 19.4. The molecule has 1 spiro atoms. The van der Waals surface area contributed by atoms with Gasteiger partial charge in [-0.05, 0) is 37.7 Å². The number of ketones is 1. The van der Waals surface area contributed by atoms with Crippen LogP contribution in [0.15, 0.2) is 54.7 Å². The number of nitrogens with zero attached hydrogens (tertiary/aromatic N) is 1. The Labute approximate surface area is 184 Å². The molecular weight excluding hydrogens is 416 g/mol. The maximum Gasteiger partial charge on any atom is 0.340 e. The van der Waals surface area contributed by atoms with Crippen LogP contribution in [0.4, 0.5) is 0 Å². The monoisotopic (exact) mass is 434 g/mol. The van der Waals surface area contributed by atoms with E-state index in [0.717, 1.165) is 17.8 Å². The van der Waals surface area contributed by atoms with Crippen molar-refractivity contribution in [2.75, 3.05) is 13.1 Å². The number of rotatable bonds is 4. The third kappa shape index (κ3) is 3.28. The SMILES string of the molecule is Cc1ncccc1Oc1ccc(C(=O)c2cccc3c2C(=O)O[C@]32CCNC2)c(Cl)c1. The molecule has 1 atom stereocenters. The Morgan fingerprint density at radius 2 is 2.06 bits per heavy atom. The summed E-state index contributed by atoms with van der Waals surface area (Å²) in [4.78, 5) is 30.2. The first kappa shape index (κ1) is 19.7. The number of benzene rings is 2. The van der Waals surface area contributed by atoms with Gasteiger partial charge in [0, 0.05) is 41.9 Å². The predicted molar refractivity (Wildman–Crippen MR) is 115 cm³/mol. The van der Waals surface area contributed by atoms with E-state index in [2.05, 4.69) is 10.3 Å². The highest BCUT2D eigenvalue weighted by molar-refractivity contribution is 6.35. The van der Waals surface area contributed by atoms with Gasteiger partial charge in [0.2, 0.25) is 0 Å². The number of fused-ring (bicyclic) bond motifs is 2. The van der Waals surface area contributed by atoms with E-state index >= 15 is 0 Å². The first-order chi connectivity index (χ1) is 15.0. The molecule has 0 amide bonds. The van der Waals surface area contributed by atoms with Crippen molar-refractivity contribution in [3.05, 3.63) is 87.7 Å². The molecule has 31 heavy (non-hydrogen) atoms. The Morgan fingerprint density at radius 1 is 1.19 bits per heavy atom. The van der Waals surface area contributed by atoms with Gasteiger partial charge in [0.25, 0.3) is 0 Å². The van der Waals surface area contributed by atoms with Crippen molar-refractivity contribution in [3.8, 4) is 11.5 Å². The molecule has 1 saturated heterocycles. The first-order valence-corrected chi connectivity index (χ1v) is 10.4. The van der Waals surface area contributed by atoms with Crippen LogP contribution >= 0.6 is 11.6 Å². The molecular formula is C24H19ClN2O4. The molecule has 2 aromatic carbocycles. The molecule has 0 saturated carbocycles. The fourth-order valence-corrected chi connectivity index (χ4v) is 4.46. The van der Waals surface area contributed by atoms with Gasteiger partial charge < -0.3 is 14.8 Å². The largest absolute Gasteiger partial charge is 0.455 e. The summed E-state index contributed by atoms with van der Waals surface area (Å²) in [7, 11) is 0. The summed E-state index contributed by atoms with van der Waals surface area (Å²) in [6, 6.07) is 13.7. The molecule has 2 aliphatic heterocycles. The van der Waals surface area contributed by atoms with Crippen molar-refractivity contribution in [1.29, 1.82) is 0 Å². The summed E-state index contributed by atoms with van der Waals surface area (Å²) < 4.78 is 11.6. The van der Waals surface area contributed by atoms with Gasteiger partial charge in [0.1, 0.15) is 11.5 Å². The Bertz CT molecular complexity index is 1220. The number of nitrogens with one attached hydrogen (secondary N) is 1. The highest BCUT2D eigenvalue weighted by atomic mass is 35.5. The molecule has 3 heterocycles. The quantitative estimate of drug-likeness (QED) is 0.483. The zero-order valence-corrected chi connectivity index (χ0v) is 17.5. The van der Waals surface area contributed by atoms with Gasteiger partial charge in [-0.2, -0.15) is 0 Å². The van der Waals surface area contributed by atoms with Gasteiger partial charge in [-0.25, -0.2) is 4.79 Å². The van der Waals surface area contributed by atoms with Crippen molar-refractivity contribution in [2.45, 2.75) is 18.9 Å². The molecule has 0 aliphatic carbocycles. The van der Waals surface area contributed by atoms with Crippen LogP contribution in [-0.2, 0) is 10.3 Å². The number of carbonyl (C=O) groups is 2. The van der Waals surface area contributed by atoms with Crippen LogP contribution in [-0.4, -0.2) is 29.8 Å². The maximum absolute atomic E-state index is 13.3. The van der Waals surface area contributed by atoms with Crippen LogP contribution in [0.1, 0.15) is 44.0 Å². The molecule has 1 N–H and O–H groups in total. The molecule has 3 aromatic rings. The topological polar surface area (TPSA) is 77.5 Å². The van der Waals surface area contributed by atoms with Crippen molar-refractivity contribution < 1.29 is 19.1 Å². The molecule has 0 unspecified atom stereocenters. The standard InChI is InChI=1S/C24H19ClN2O4/c1-14-20(6-3-10-27-14)30-15-7-8-16(19(25)12-15)22(28)17-4-2-5-18-21(17)23(29)31-24(18)9-11-26-13-24/h2-8,10,12,26H,9,11,13H2,1H3/t24-/m0/s1. The fourth-order valence-electron chi connectivity index (χ4n) is 4.20. The maximum atomic E-state index is 13.3. The van der Waals surface area contributed by atoms with Crippen molar-refractivity contribution in [2.24, 2.45) is 0 Å². The molecule has 1 aromatic heterocycles. The lowest BCUT2D eigenvalue weighted by molar-refractivity contribution is 0.00159. The van der Waals surface area contributed by atoms with E-state index in [0.29, 0.717) is 41.2 Å². The summed E-state index contributed by atoms with van der Waals surface area (Å²) in [6.45, 7) is 3.15. The minimum absolute atomic E-state index is 0.241. The van der Waals surface area contributed by atoms with E-state index in [4.69, 9.17) is 21.1 Å². The van der Waals surface area contributed by atoms with Crippen LogP contribution in [0.3, 0.4) is 0 Å². The summed E-state index contributed by atoms with van der Waals surface area (Å²) in [5, 5.41) is 3.48. The Balaban J connectivity index is 1.49. The average Bonchev–Trinajstić information content (AvgIpc) is 3.34. The lowest BCUT2D eigenvalue weighted by Crippen LogP contribution is -2.28. The highest BCUT2D eigenvalue weighted by Crippen LogP contribution is 2.42.